The maximum atomic E-state index is 12.1. The number of hydrogen-bond donors (Lipinski definition) is 1. The molecule has 0 radical (unpaired) electrons. The number of carbonyl (C=O) groups is 2. The summed E-state index contributed by atoms with van der Waals surface area (Å²) in [6, 6.07) is 14.5. The molecule has 0 saturated heterocycles. The summed E-state index contributed by atoms with van der Waals surface area (Å²) in [5, 5.41) is 2.81. The van der Waals surface area contributed by atoms with Gasteiger partial charge in [0.25, 0.3) is 5.91 Å². The van der Waals surface area contributed by atoms with Crippen LogP contribution in [0.2, 0.25) is 0 Å². The minimum absolute atomic E-state index is 0.221. The van der Waals surface area contributed by atoms with Crippen LogP contribution in [0.4, 0.5) is 0 Å². The lowest BCUT2D eigenvalue weighted by Gasteiger charge is -2.15. The largest absolute Gasteiger partial charge is 0.497 e. The first kappa shape index (κ1) is 19.5. The zero-order valence-corrected chi connectivity index (χ0v) is 15.6. The summed E-state index contributed by atoms with van der Waals surface area (Å²) in [4.78, 5) is 24.1. The van der Waals surface area contributed by atoms with Crippen LogP contribution in [0.25, 0.3) is 0 Å². The predicted molar refractivity (Wildman–Crippen MR) is 100 cm³/mol. The van der Waals surface area contributed by atoms with Gasteiger partial charge in [-0.1, -0.05) is 38.1 Å². The average Bonchev–Trinajstić information content (AvgIpc) is 2.66. The fourth-order valence-corrected chi connectivity index (χ4v) is 2.50. The van der Waals surface area contributed by atoms with Crippen molar-refractivity contribution >= 4 is 11.9 Å². The van der Waals surface area contributed by atoms with E-state index in [-0.39, 0.29) is 18.6 Å². The van der Waals surface area contributed by atoms with E-state index in [4.69, 9.17) is 9.47 Å². The lowest BCUT2D eigenvalue weighted by Crippen LogP contribution is -2.31. The molecule has 0 spiro atoms. The molecule has 0 bridgehead atoms. The molecule has 5 heteroatoms. The Morgan fingerprint density at radius 2 is 1.69 bits per heavy atom. The van der Waals surface area contributed by atoms with Crippen molar-refractivity contribution < 1.29 is 19.1 Å². The summed E-state index contributed by atoms with van der Waals surface area (Å²) in [5.41, 5.74) is 2.49. The molecule has 1 unspecified atom stereocenters. The highest BCUT2D eigenvalue weighted by Gasteiger charge is 2.14. The number of nitrogens with one attached hydrogen (secondary N) is 1. The third-order valence-electron chi connectivity index (χ3n) is 4.12. The number of amides is 1. The molecule has 0 fully saturated rings. The number of benzene rings is 2. The van der Waals surface area contributed by atoms with Gasteiger partial charge in [-0.2, -0.15) is 0 Å². The summed E-state index contributed by atoms with van der Waals surface area (Å²) in [5.74, 6) is 0.251. The molecule has 5 nitrogen and oxygen atoms in total. The molecule has 1 amide bonds. The second-order valence-electron chi connectivity index (χ2n) is 6.42. The summed E-state index contributed by atoms with van der Waals surface area (Å²) in [6.45, 7) is 5.71. The van der Waals surface area contributed by atoms with Crippen LogP contribution < -0.4 is 10.1 Å². The number of hydrogen-bond acceptors (Lipinski definition) is 4. The van der Waals surface area contributed by atoms with Gasteiger partial charge in [0, 0.05) is 0 Å². The van der Waals surface area contributed by atoms with Gasteiger partial charge >= 0.3 is 5.97 Å². The molecule has 1 atom stereocenters. The lowest BCUT2D eigenvalue weighted by atomic mass is 10.0. The van der Waals surface area contributed by atoms with E-state index in [0.717, 1.165) is 16.9 Å². The Hall–Kier alpha value is -2.82. The molecule has 0 aromatic heterocycles. The van der Waals surface area contributed by atoms with Gasteiger partial charge in [-0.05, 0) is 48.2 Å². The van der Waals surface area contributed by atoms with Crippen molar-refractivity contribution in [3.63, 3.8) is 0 Å². The molecule has 2 rings (SSSR count). The summed E-state index contributed by atoms with van der Waals surface area (Å²) >= 11 is 0. The summed E-state index contributed by atoms with van der Waals surface area (Å²) in [7, 11) is 1.59. The Morgan fingerprint density at radius 1 is 1.00 bits per heavy atom. The van der Waals surface area contributed by atoms with Crippen LogP contribution in [-0.2, 0) is 9.53 Å². The molecule has 26 heavy (non-hydrogen) atoms. The van der Waals surface area contributed by atoms with Gasteiger partial charge in [0.2, 0.25) is 0 Å². The van der Waals surface area contributed by atoms with Crippen molar-refractivity contribution in [3.8, 4) is 5.75 Å². The molecular weight excluding hydrogens is 330 g/mol. The van der Waals surface area contributed by atoms with Gasteiger partial charge in [-0.3, -0.25) is 4.79 Å². The van der Waals surface area contributed by atoms with Crippen molar-refractivity contribution in [1.29, 1.82) is 0 Å². The minimum atomic E-state index is -0.510. The number of rotatable bonds is 7. The van der Waals surface area contributed by atoms with E-state index in [9.17, 15) is 9.59 Å². The first-order valence-electron chi connectivity index (χ1n) is 8.61. The van der Waals surface area contributed by atoms with E-state index < -0.39 is 5.97 Å². The summed E-state index contributed by atoms with van der Waals surface area (Å²) in [6.07, 6.45) is 0. The van der Waals surface area contributed by atoms with Gasteiger partial charge in [-0.15, -0.1) is 0 Å². The predicted octanol–water partition coefficient (Wildman–Crippen LogP) is 3.85. The molecule has 0 heterocycles. The molecule has 0 aliphatic carbocycles. The SMILES string of the molecule is COc1cccc(C(C)NC(=O)COC(=O)c2ccc(C(C)C)cc2)c1. The molecule has 138 valence electrons. The average molecular weight is 355 g/mol. The minimum Gasteiger partial charge on any atom is -0.497 e. The highest BCUT2D eigenvalue weighted by atomic mass is 16.5. The Morgan fingerprint density at radius 3 is 2.31 bits per heavy atom. The maximum Gasteiger partial charge on any atom is 0.338 e. The standard InChI is InChI=1S/C21H25NO4/c1-14(2)16-8-10-17(11-9-16)21(24)26-13-20(23)22-15(3)18-6-5-7-19(12-18)25-4/h5-12,14-15H,13H2,1-4H3,(H,22,23). The Labute approximate surface area is 154 Å². The van der Waals surface area contributed by atoms with Crippen LogP contribution in [0.1, 0.15) is 54.2 Å². The highest BCUT2D eigenvalue weighted by Crippen LogP contribution is 2.19. The number of carbonyl (C=O) groups excluding carboxylic acids is 2. The Kier molecular flexibility index (Phi) is 6.78. The zero-order chi connectivity index (χ0) is 19.1. The van der Waals surface area contributed by atoms with E-state index >= 15 is 0 Å². The maximum absolute atomic E-state index is 12.1. The monoisotopic (exact) mass is 355 g/mol. The molecule has 1 N–H and O–H groups in total. The highest BCUT2D eigenvalue weighted by molar-refractivity contribution is 5.91. The van der Waals surface area contributed by atoms with Gasteiger partial charge in [0.05, 0.1) is 18.7 Å². The number of ether oxygens (including phenoxy) is 2. The molecular formula is C21H25NO4. The zero-order valence-electron chi connectivity index (χ0n) is 15.6. The smallest absolute Gasteiger partial charge is 0.338 e. The van der Waals surface area contributed by atoms with Gasteiger partial charge in [-0.25, -0.2) is 4.79 Å². The molecule has 0 aliphatic heterocycles. The second kappa shape index (κ2) is 9.04. The first-order chi connectivity index (χ1) is 12.4. The van der Waals surface area contributed by atoms with Crippen molar-refractivity contribution in [2.75, 3.05) is 13.7 Å². The van der Waals surface area contributed by atoms with Crippen LogP contribution in [0.5, 0.6) is 5.75 Å². The first-order valence-corrected chi connectivity index (χ1v) is 8.61. The Bertz CT molecular complexity index is 753. The molecule has 0 aliphatic rings. The molecule has 0 saturated carbocycles. The van der Waals surface area contributed by atoms with Crippen LogP contribution in [0.3, 0.4) is 0 Å². The fourth-order valence-electron chi connectivity index (χ4n) is 2.50. The number of methoxy groups -OCH3 is 1. The van der Waals surface area contributed by atoms with Crippen molar-refractivity contribution in [1.82, 2.24) is 5.32 Å². The van der Waals surface area contributed by atoms with Crippen LogP contribution in [-0.4, -0.2) is 25.6 Å². The quantitative estimate of drug-likeness (QED) is 0.766. The van der Waals surface area contributed by atoms with E-state index in [0.29, 0.717) is 11.5 Å². The number of esters is 1. The van der Waals surface area contributed by atoms with E-state index in [1.807, 2.05) is 43.3 Å². The molecule has 2 aromatic rings. The second-order valence-corrected chi connectivity index (χ2v) is 6.42. The lowest BCUT2D eigenvalue weighted by molar-refractivity contribution is -0.124. The van der Waals surface area contributed by atoms with Crippen molar-refractivity contribution in [2.45, 2.75) is 32.7 Å². The fraction of sp³-hybridized carbons (Fsp3) is 0.333. The van der Waals surface area contributed by atoms with Crippen LogP contribution in [0.15, 0.2) is 48.5 Å². The third kappa shape index (κ3) is 5.34. The topological polar surface area (TPSA) is 64.6 Å². The summed E-state index contributed by atoms with van der Waals surface area (Å²) < 4.78 is 10.3. The molecule has 2 aromatic carbocycles. The van der Waals surface area contributed by atoms with E-state index in [1.54, 1.807) is 19.2 Å². The van der Waals surface area contributed by atoms with Crippen molar-refractivity contribution in [3.05, 3.63) is 65.2 Å². The normalized spacial score (nSPS) is 11.7. The Balaban J connectivity index is 1.86. The van der Waals surface area contributed by atoms with Gasteiger partial charge in [0.15, 0.2) is 6.61 Å². The van der Waals surface area contributed by atoms with Crippen LogP contribution in [0, 0.1) is 0 Å². The van der Waals surface area contributed by atoms with Crippen molar-refractivity contribution in [2.24, 2.45) is 0 Å². The van der Waals surface area contributed by atoms with E-state index in [2.05, 4.69) is 19.2 Å². The van der Waals surface area contributed by atoms with Gasteiger partial charge < -0.3 is 14.8 Å². The third-order valence-corrected chi connectivity index (χ3v) is 4.12. The van der Waals surface area contributed by atoms with E-state index in [1.165, 1.54) is 0 Å². The van der Waals surface area contributed by atoms with Crippen LogP contribution >= 0.6 is 0 Å². The van der Waals surface area contributed by atoms with Gasteiger partial charge in [0.1, 0.15) is 5.75 Å².